The standard InChI is InChI=1S/C16H20ClN3O/c1-9(2)12-8-6-7-10(3)14(12)18-16(21)15-13(17)11(4)20(5)19-15/h6-9H,1-5H3,(H,18,21). The van der Waals surface area contributed by atoms with Crippen molar-refractivity contribution < 1.29 is 4.79 Å². The van der Waals surface area contributed by atoms with Crippen molar-refractivity contribution in [2.45, 2.75) is 33.6 Å². The van der Waals surface area contributed by atoms with E-state index in [0.717, 1.165) is 22.5 Å². The van der Waals surface area contributed by atoms with Gasteiger partial charge in [-0.15, -0.1) is 0 Å². The number of rotatable bonds is 3. The number of hydrogen-bond donors (Lipinski definition) is 1. The van der Waals surface area contributed by atoms with Crippen LogP contribution in [0.15, 0.2) is 18.2 Å². The number of hydrogen-bond acceptors (Lipinski definition) is 2. The minimum atomic E-state index is -0.278. The molecule has 0 spiro atoms. The van der Waals surface area contributed by atoms with Crippen LogP contribution in [0.25, 0.3) is 0 Å². The van der Waals surface area contributed by atoms with Crippen molar-refractivity contribution in [3.05, 3.63) is 45.7 Å². The van der Waals surface area contributed by atoms with Crippen LogP contribution in [0, 0.1) is 13.8 Å². The molecule has 0 saturated carbocycles. The Morgan fingerprint density at radius 3 is 2.52 bits per heavy atom. The highest BCUT2D eigenvalue weighted by Crippen LogP contribution is 2.28. The SMILES string of the molecule is Cc1cccc(C(C)C)c1NC(=O)c1nn(C)c(C)c1Cl. The monoisotopic (exact) mass is 305 g/mol. The van der Waals surface area contributed by atoms with Crippen LogP contribution in [0.3, 0.4) is 0 Å². The first-order valence-electron chi connectivity index (χ1n) is 6.92. The summed E-state index contributed by atoms with van der Waals surface area (Å²) in [5.41, 5.74) is 4.01. The average molecular weight is 306 g/mol. The quantitative estimate of drug-likeness (QED) is 0.929. The van der Waals surface area contributed by atoms with Gasteiger partial charge in [0.2, 0.25) is 0 Å². The fourth-order valence-corrected chi connectivity index (χ4v) is 2.49. The van der Waals surface area contributed by atoms with Crippen molar-refractivity contribution in [1.29, 1.82) is 0 Å². The van der Waals surface area contributed by atoms with Crippen molar-refractivity contribution in [1.82, 2.24) is 9.78 Å². The topological polar surface area (TPSA) is 46.9 Å². The molecule has 1 N–H and O–H groups in total. The van der Waals surface area contributed by atoms with Gasteiger partial charge in [0.15, 0.2) is 5.69 Å². The summed E-state index contributed by atoms with van der Waals surface area (Å²) in [5, 5.41) is 7.54. The fraction of sp³-hybridized carbons (Fsp3) is 0.375. The number of aromatic nitrogens is 2. The average Bonchev–Trinajstić information content (AvgIpc) is 2.68. The van der Waals surface area contributed by atoms with Crippen LogP contribution in [0.5, 0.6) is 0 Å². The first-order chi connectivity index (χ1) is 9.82. The number of nitrogens with one attached hydrogen (secondary N) is 1. The van der Waals surface area contributed by atoms with Gasteiger partial charge in [0.05, 0.1) is 10.7 Å². The highest BCUT2D eigenvalue weighted by atomic mass is 35.5. The molecule has 0 aliphatic heterocycles. The normalized spacial score (nSPS) is 11.0. The molecule has 5 heteroatoms. The number of benzene rings is 1. The number of aryl methyl sites for hydroxylation is 2. The Kier molecular flexibility index (Phi) is 4.37. The van der Waals surface area contributed by atoms with Crippen molar-refractivity contribution in [2.75, 3.05) is 5.32 Å². The third-order valence-electron chi connectivity index (χ3n) is 3.64. The van der Waals surface area contributed by atoms with E-state index in [1.165, 1.54) is 0 Å². The zero-order valence-corrected chi connectivity index (χ0v) is 13.7. The minimum absolute atomic E-state index is 0.259. The molecular weight excluding hydrogens is 286 g/mol. The van der Waals surface area contributed by atoms with E-state index in [0.29, 0.717) is 10.9 Å². The summed E-state index contributed by atoms with van der Waals surface area (Å²) in [7, 11) is 1.77. The molecule has 2 aromatic rings. The van der Waals surface area contributed by atoms with Crippen LogP contribution < -0.4 is 5.32 Å². The Hall–Kier alpha value is -1.81. The zero-order chi connectivity index (χ0) is 15.7. The van der Waals surface area contributed by atoms with E-state index < -0.39 is 0 Å². The summed E-state index contributed by atoms with van der Waals surface area (Å²) in [6.07, 6.45) is 0. The number of nitrogens with zero attached hydrogens (tertiary/aromatic N) is 2. The largest absolute Gasteiger partial charge is 0.320 e. The van der Waals surface area contributed by atoms with E-state index in [4.69, 9.17) is 11.6 Å². The van der Waals surface area contributed by atoms with E-state index in [2.05, 4.69) is 24.3 Å². The van der Waals surface area contributed by atoms with Gasteiger partial charge in [-0.25, -0.2) is 0 Å². The molecule has 1 amide bonds. The van der Waals surface area contributed by atoms with Crippen molar-refractivity contribution in [3.8, 4) is 0 Å². The second-order valence-corrected chi connectivity index (χ2v) is 5.90. The van der Waals surface area contributed by atoms with Gasteiger partial charge >= 0.3 is 0 Å². The predicted molar refractivity (Wildman–Crippen MR) is 86.2 cm³/mol. The van der Waals surface area contributed by atoms with Gasteiger partial charge in [-0.1, -0.05) is 43.6 Å². The van der Waals surface area contributed by atoms with Gasteiger partial charge in [0.25, 0.3) is 5.91 Å². The van der Waals surface area contributed by atoms with Gasteiger partial charge < -0.3 is 5.32 Å². The van der Waals surface area contributed by atoms with Crippen molar-refractivity contribution in [2.24, 2.45) is 7.05 Å². The van der Waals surface area contributed by atoms with Gasteiger partial charge in [-0.2, -0.15) is 5.10 Å². The summed E-state index contributed by atoms with van der Waals surface area (Å²) < 4.78 is 1.61. The molecule has 1 aromatic carbocycles. The van der Waals surface area contributed by atoms with Crippen LogP contribution in [-0.4, -0.2) is 15.7 Å². The Morgan fingerprint density at radius 1 is 1.33 bits per heavy atom. The Labute approximate surface area is 130 Å². The van der Waals surface area contributed by atoms with Gasteiger partial charge in [0, 0.05) is 12.7 Å². The fourth-order valence-electron chi connectivity index (χ4n) is 2.24. The number of carbonyl (C=O) groups excluding carboxylic acids is 1. The summed E-state index contributed by atoms with van der Waals surface area (Å²) >= 11 is 6.17. The maximum Gasteiger partial charge on any atom is 0.277 e. The van der Waals surface area contributed by atoms with E-state index in [1.807, 2.05) is 32.0 Å². The summed E-state index contributed by atoms with van der Waals surface area (Å²) in [5.74, 6) is 0.0426. The van der Waals surface area contributed by atoms with Gasteiger partial charge in [-0.05, 0) is 30.9 Å². The second kappa shape index (κ2) is 5.90. The molecule has 4 nitrogen and oxygen atoms in total. The lowest BCUT2D eigenvalue weighted by Crippen LogP contribution is -2.16. The summed E-state index contributed by atoms with van der Waals surface area (Å²) in [6.45, 7) is 8.01. The zero-order valence-electron chi connectivity index (χ0n) is 13.0. The molecule has 0 fully saturated rings. The number of anilines is 1. The number of halogens is 1. The van der Waals surface area contributed by atoms with Crippen molar-refractivity contribution in [3.63, 3.8) is 0 Å². The first kappa shape index (κ1) is 15.6. The molecule has 2 rings (SSSR count). The Morgan fingerprint density at radius 2 is 2.00 bits per heavy atom. The van der Waals surface area contributed by atoms with E-state index >= 15 is 0 Å². The molecule has 0 atom stereocenters. The van der Waals surface area contributed by atoms with Gasteiger partial charge in [-0.3, -0.25) is 9.48 Å². The Balaban J connectivity index is 2.38. The minimum Gasteiger partial charge on any atom is -0.320 e. The third-order valence-corrected chi connectivity index (χ3v) is 4.09. The molecule has 0 saturated heterocycles. The molecule has 112 valence electrons. The summed E-state index contributed by atoms with van der Waals surface area (Å²) in [6, 6.07) is 6.00. The molecule has 0 bridgehead atoms. The predicted octanol–water partition coefficient (Wildman–Crippen LogP) is 4.07. The van der Waals surface area contributed by atoms with Crippen LogP contribution in [-0.2, 0) is 7.05 Å². The molecule has 1 heterocycles. The molecule has 1 aromatic heterocycles. The molecule has 0 aliphatic carbocycles. The number of amides is 1. The smallest absolute Gasteiger partial charge is 0.277 e. The highest BCUT2D eigenvalue weighted by molar-refractivity contribution is 6.34. The third kappa shape index (κ3) is 2.95. The van der Waals surface area contributed by atoms with E-state index in [9.17, 15) is 4.79 Å². The summed E-state index contributed by atoms with van der Waals surface area (Å²) in [4.78, 5) is 12.5. The van der Waals surface area contributed by atoms with Crippen LogP contribution in [0.4, 0.5) is 5.69 Å². The Bertz CT molecular complexity index is 689. The lowest BCUT2D eigenvalue weighted by Gasteiger charge is -2.16. The second-order valence-electron chi connectivity index (χ2n) is 5.52. The van der Waals surface area contributed by atoms with E-state index in [-0.39, 0.29) is 11.6 Å². The molecule has 0 aliphatic rings. The molecule has 0 radical (unpaired) electrons. The highest BCUT2D eigenvalue weighted by Gasteiger charge is 2.20. The molecule has 21 heavy (non-hydrogen) atoms. The maximum atomic E-state index is 12.5. The molecular formula is C16H20ClN3O. The van der Waals surface area contributed by atoms with Crippen LogP contribution in [0.2, 0.25) is 5.02 Å². The first-order valence-corrected chi connectivity index (χ1v) is 7.30. The van der Waals surface area contributed by atoms with Gasteiger partial charge in [0.1, 0.15) is 0 Å². The lowest BCUT2D eigenvalue weighted by molar-refractivity contribution is 0.102. The van der Waals surface area contributed by atoms with Crippen LogP contribution >= 0.6 is 11.6 Å². The number of para-hydroxylation sites is 1. The number of carbonyl (C=O) groups is 1. The molecule has 0 unspecified atom stereocenters. The maximum absolute atomic E-state index is 12.5. The van der Waals surface area contributed by atoms with Crippen LogP contribution in [0.1, 0.15) is 47.1 Å². The van der Waals surface area contributed by atoms with Crippen molar-refractivity contribution >= 4 is 23.2 Å². The lowest BCUT2D eigenvalue weighted by atomic mass is 9.98. The van der Waals surface area contributed by atoms with E-state index in [1.54, 1.807) is 11.7 Å².